The highest BCUT2D eigenvalue weighted by Gasteiger charge is 2.28. The van der Waals surface area contributed by atoms with Gasteiger partial charge in [0.1, 0.15) is 0 Å². The monoisotopic (exact) mass is 354 g/mol. The number of fused-ring (bicyclic) bond motifs is 1. The molecule has 0 bridgehead atoms. The minimum absolute atomic E-state index is 0.222. The van der Waals surface area contributed by atoms with Gasteiger partial charge in [-0.05, 0) is 11.4 Å². The highest BCUT2D eigenvalue weighted by Crippen LogP contribution is 2.21. The summed E-state index contributed by atoms with van der Waals surface area (Å²) in [6.45, 7) is 1.10. The first-order chi connectivity index (χ1) is 10.9. The number of nitrogens with zero attached hydrogens (tertiary/aromatic N) is 3. The van der Waals surface area contributed by atoms with Crippen LogP contribution >= 0.6 is 11.3 Å². The first-order valence-corrected chi connectivity index (χ1v) is 9.89. The third-order valence-corrected chi connectivity index (χ3v) is 6.02. The largest absolute Gasteiger partial charge is 0.344 e. The summed E-state index contributed by atoms with van der Waals surface area (Å²) in [4.78, 5) is 17.8. The van der Waals surface area contributed by atoms with Gasteiger partial charge in [0, 0.05) is 30.6 Å². The molecule has 124 valence electrons. The number of imidazole rings is 1. The maximum absolute atomic E-state index is 12.3. The highest BCUT2D eigenvalue weighted by molar-refractivity contribution is 7.88. The van der Waals surface area contributed by atoms with Crippen molar-refractivity contribution in [3.63, 3.8) is 0 Å². The Morgan fingerprint density at radius 3 is 2.91 bits per heavy atom. The molecule has 0 atom stereocenters. The second-order valence-electron chi connectivity index (χ2n) is 5.50. The van der Waals surface area contributed by atoms with Gasteiger partial charge in [-0.15, -0.1) is 11.3 Å². The van der Waals surface area contributed by atoms with E-state index in [-0.39, 0.29) is 12.5 Å². The number of carbonyl (C=O) groups is 1. The maximum Gasteiger partial charge on any atom is 0.287 e. The minimum Gasteiger partial charge on any atom is -0.344 e. The van der Waals surface area contributed by atoms with Crippen LogP contribution in [-0.2, 0) is 36.6 Å². The van der Waals surface area contributed by atoms with Crippen molar-refractivity contribution in [2.75, 3.05) is 12.8 Å². The second-order valence-corrected chi connectivity index (χ2v) is 8.51. The lowest BCUT2D eigenvalue weighted by molar-refractivity contribution is 0.0937. The third-order valence-electron chi connectivity index (χ3n) is 3.90. The molecule has 0 aliphatic carbocycles. The number of nitrogens with one attached hydrogen (secondary N) is 1. The highest BCUT2D eigenvalue weighted by atomic mass is 32.2. The van der Waals surface area contributed by atoms with Gasteiger partial charge in [0.25, 0.3) is 5.91 Å². The summed E-state index contributed by atoms with van der Waals surface area (Å²) < 4.78 is 26.5. The van der Waals surface area contributed by atoms with Crippen LogP contribution in [0.15, 0.2) is 17.5 Å². The van der Waals surface area contributed by atoms with Gasteiger partial charge in [-0.2, -0.15) is 4.31 Å². The maximum atomic E-state index is 12.3. The molecule has 1 aliphatic rings. The van der Waals surface area contributed by atoms with Crippen molar-refractivity contribution < 1.29 is 13.2 Å². The fourth-order valence-corrected chi connectivity index (χ4v) is 4.07. The van der Waals surface area contributed by atoms with Crippen LogP contribution < -0.4 is 5.32 Å². The van der Waals surface area contributed by atoms with E-state index in [0.717, 1.165) is 10.6 Å². The van der Waals surface area contributed by atoms with Crippen LogP contribution in [0.2, 0.25) is 0 Å². The Balaban J connectivity index is 1.77. The standard InChI is InChI=1S/C14H18N4O3S2/c1-17-12-5-6-18(23(2,20)21)9-11(12)16-13(17)14(19)15-8-10-4-3-7-22-10/h3-4,7H,5-6,8-9H2,1-2H3,(H,15,19). The Kier molecular flexibility index (Phi) is 4.26. The van der Waals surface area contributed by atoms with Crippen molar-refractivity contribution in [3.05, 3.63) is 39.6 Å². The summed E-state index contributed by atoms with van der Waals surface area (Å²) in [5, 5.41) is 4.81. The smallest absolute Gasteiger partial charge is 0.287 e. The molecule has 0 unspecified atom stereocenters. The summed E-state index contributed by atoms with van der Waals surface area (Å²) in [6, 6.07) is 3.89. The topological polar surface area (TPSA) is 84.3 Å². The van der Waals surface area contributed by atoms with Gasteiger partial charge in [0.15, 0.2) is 5.82 Å². The first-order valence-electron chi connectivity index (χ1n) is 7.16. The van der Waals surface area contributed by atoms with E-state index < -0.39 is 10.0 Å². The van der Waals surface area contributed by atoms with E-state index in [1.165, 1.54) is 10.6 Å². The van der Waals surface area contributed by atoms with Crippen LogP contribution in [0.4, 0.5) is 0 Å². The van der Waals surface area contributed by atoms with Crippen molar-refractivity contribution in [2.24, 2.45) is 7.05 Å². The third kappa shape index (κ3) is 3.31. The predicted octanol–water partition coefficient (Wildman–Crippen LogP) is 0.729. The number of hydrogen-bond donors (Lipinski definition) is 1. The summed E-state index contributed by atoms with van der Waals surface area (Å²) in [5.74, 6) is 0.0723. The van der Waals surface area contributed by atoms with Gasteiger partial charge in [-0.3, -0.25) is 4.79 Å². The van der Waals surface area contributed by atoms with E-state index in [0.29, 0.717) is 31.0 Å². The molecule has 23 heavy (non-hydrogen) atoms. The van der Waals surface area contributed by atoms with Crippen LogP contribution in [-0.4, -0.2) is 41.0 Å². The Labute approximate surface area is 139 Å². The lowest BCUT2D eigenvalue weighted by Crippen LogP contribution is -2.35. The van der Waals surface area contributed by atoms with E-state index >= 15 is 0 Å². The first kappa shape index (κ1) is 16.2. The Morgan fingerprint density at radius 1 is 1.48 bits per heavy atom. The molecule has 2 aromatic heterocycles. The molecule has 0 saturated heterocycles. The second kappa shape index (κ2) is 6.06. The summed E-state index contributed by atoms with van der Waals surface area (Å²) in [7, 11) is -1.45. The normalized spacial score (nSPS) is 15.4. The Hall–Kier alpha value is -1.71. The van der Waals surface area contributed by atoms with Crippen LogP contribution in [0.1, 0.15) is 26.9 Å². The van der Waals surface area contributed by atoms with E-state index in [1.807, 2.05) is 17.5 Å². The zero-order valence-electron chi connectivity index (χ0n) is 12.9. The van der Waals surface area contributed by atoms with Crippen LogP contribution in [0, 0.1) is 0 Å². The van der Waals surface area contributed by atoms with Gasteiger partial charge >= 0.3 is 0 Å². The molecule has 0 spiro atoms. The van der Waals surface area contributed by atoms with Crippen LogP contribution in [0.5, 0.6) is 0 Å². The number of carbonyl (C=O) groups excluding carboxylic acids is 1. The van der Waals surface area contributed by atoms with Crippen molar-refractivity contribution in [1.82, 2.24) is 19.2 Å². The van der Waals surface area contributed by atoms with Crippen molar-refractivity contribution in [2.45, 2.75) is 19.5 Å². The lowest BCUT2D eigenvalue weighted by atomic mass is 10.2. The quantitative estimate of drug-likeness (QED) is 0.877. The summed E-state index contributed by atoms with van der Waals surface area (Å²) >= 11 is 1.58. The number of hydrogen-bond acceptors (Lipinski definition) is 5. The molecule has 0 saturated carbocycles. The van der Waals surface area contributed by atoms with Gasteiger partial charge in [-0.1, -0.05) is 6.07 Å². The molecule has 0 radical (unpaired) electrons. The van der Waals surface area contributed by atoms with E-state index in [4.69, 9.17) is 0 Å². The fraction of sp³-hybridized carbons (Fsp3) is 0.429. The molecule has 1 N–H and O–H groups in total. The van der Waals surface area contributed by atoms with E-state index in [2.05, 4.69) is 10.3 Å². The zero-order chi connectivity index (χ0) is 16.6. The number of amides is 1. The Bertz CT molecular complexity index is 825. The number of rotatable bonds is 4. The van der Waals surface area contributed by atoms with Crippen molar-refractivity contribution in [3.8, 4) is 0 Å². The molecule has 0 fully saturated rings. The SMILES string of the molecule is Cn1c(C(=O)NCc2cccs2)nc2c1CCN(S(C)(=O)=O)C2. The average molecular weight is 354 g/mol. The molecular formula is C14H18N4O3S2. The van der Waals surface area contributed by atoms with Crippen molar-refractivity contribution in [1.29, 1.82) is 0 Å². The van der Waals surface area contributed by atoms with Gasteiger partial charge < -0.3 is 9.88 Å². The predicted molar refractivity (Wildman–Crippen MR) is 87.7 cm³/mol. The molecule has 1 amide bonds. The molecule has 1 aliphatic heterocycles. The van der Waals surface area contributed by atoms with Crippen LogP contribution in [0.3, 0.4) is 0 Å². The molecule has 3 heterocycles. The number of aromatic nitrogens is 2. The average Bonchev–Trinajstić information content (AvgIpc) is 3.12. The van der Waals surface area contributed by atoms with E-state index in [9.17, 15) is 13.2 Å². The summed E-state index contributed by atoms with van der Waals surface area (Å²) in [5.41, 5.74) is 1.58. The van der Waals surface area contributed by atoms with Crippen LogP contribution in [0.25, 0.3) is 0 Å². The Morgan fingerprint density at radius 2 is 2.26 bits per heavy atom. The molecule has 3 rings (SSSR count). The molecule has 7 nitrogen and oxygen atoms in total. The fourth-order valence-electron chi connectivity index (χ4n) is 2.65. The van der Waals surface area contributed by atoms with Crippen molar-refractivity contribution >= 4 is 27.3 Å². The summed E-state index contributed by atoms with van der Waals surface area (Å²) in [6.07, 6.45) is 1.75. The van der Waals surface area contributed by atoms with Gasteiger partial charge in [0.2, 0.25) is 10.0 Å². The number of sulfonamides is 1. The number of thiophene rings is 1. The zero-order valence-corrected chi connectivity index (χ0v) is 14.6. The molecule has 0 aromatic carbocycles. The molecule has 2 aromatic rings. The van der Waals surface area contributed by atoms with Gasteiger partial charge in [-0.25, -0.2) is 13.4 Å². The van der Waals surface area contributed by atoms with E-state index in [1.54, 1.807) is 23.0 Å². The lowest BCUT2D eigenvalue weighted by Gasteiger charge is -2.24. The van der Waals surface area contributed by atoms with Gasteiger partial charge in [0.05, 0.1) is 25.0 Å². The molecular weight excluding hydrogens is 336 g/mol. The molecule has 9 heteroatoms. The minimum atomic E-state index is -3.25.